The van der Waals surface area contributed by atoms with Crippen molar-refractivity contribution < 1.29 is 9.53 Å². The number of carbonyl (C=O) groups is 1. The number of anilines is 1. The van der Waals surface area contributed by atoms with Crippen LogP contribution in [0, 0.1) is 13.8 Å². The first kappa shape index (κ1) is 33.1. The molecule has 2 atom stereocenters. The summed E-state index contributed by atoms with van der Waals surface area (Å²) in [5, 5.41) is 12.4. The highest BCUT2D eigenvalue weighted by molar-refractivity contribution is 6.76. The van der Waals surface area contributed by atoms with Crippen LogP contribution in [0.15, 0.2) is 54.9 Å². The highest BCUT2D eigenvalue weighted by Crippen LogP contribution is 2.38. The van der Waals surface area contributed by atoms with Gasteiger partial charge in [0, 0.05) is 49.3 Å². The lowest BCUT2D eigenvalue weighted by molar-refractivity contribution is -0.117. The lowest BCUT2D eigenvalue weighted by Crippen LogP contribution is -2.41. The molecule has 240 valence electrons. The summed E-state index contributed by atoms with van der Waals surface area (Å²) in [4.78, 5) is 13.4. The molecule has 4 aromatic rings. The van der Waals surface area contributed by atoms with Gasteiger partial charge in [-0.25, -0.2) is 4.68 Å². The summed E-state index contributed by atoms with van der Waals surface area (Å²) in [5.74, 6) is -0.182. The number of benzene rings is 2. The molecule has 2 aliphatic rings. The fraction of sp³-hybridized carbons (Fsp3) is 0.457. The summed E-state index contributed by atoms with van der Waals surface area (Å²) in [6, 6.07) is 15.6. The van der Waals surface area contributed by atoms with Crippen LogP contribution in [0.3, 0.4) is 0 Å². The topological polar surface area (TPSA) is 100.0 Å². The molecule has 1 fully saturated rings. The lowest BCUT2D eigenvalue weighted by atomic mass is 9.77. The number of amides is 1. The molecule has 45 heavy (non-hydrogen) atoms. The molecule has 0 saturated heterocycles. The molecule has 6 rings (SSSR count). The Morgan fingerprint density at radius 2 is 1.80 bits per heavy atom. The third-order valence-electron chi connectivity index (χ3n) is 9.13. The average molecular weight is 647 g/mol. The number of aromatic nitrogens is 4. The van der Waals surface area contributed by atoms with Gasteiger partial charge >= 0.3 is 0 Å². The first-order chi connectivity index (χ1) is 21.1. The summed E-state index contributed by atoms with van der Waals surface area (Å²) < 4.78 is 9.97. The molecule has 2 heterocycles. The smallest absolute Gasteiger partial charge is 0.241 e. The number of rotatable bonds is 11. The van der Waals surface area contributed by atoms with Crippen LogP contribution in [0.1, 0.15) is 60.2 Å². The molecule has 2 aromatic carbocycles. The van der Waals surface area contributed by atoms with Gasteiger partial charge in [-0.2, -0.15) is 10.2 Å². The van der Waals surface area contributed by atoms with Crippen molar-refractivity contribution in [3.05, 3.63) is 77.4 Å². The van der Waals surface area contributed by atoms with E-state index in [0.717, 1.165) is 71.2 Å². The fourth-order valence-corrected chi connectivity index (χ4v) is 7.07. The molecule has 0 radical (unpaired) electrons. The fourth-order valence-electron chi connectivity index (χ4n) is 6.31. The minimum atomic E-state index is -1.13. The van der Waals surface area contributed by atoms with Crippen LogP contribution >= 0.6 is 12.4 Å². The second-order valence-electron chi connectivity index (χ2n) is 13.8. The molecule has 1 saturated carbocycles. The SMILES string of the molecule is Cc1nn(COCC[Si](C)(C)C)c(C)c1-c1ccc(NC(=O)[C@@H](N)[C@@H]2CCCc3ccc(-c4cnn(C5CC5)c4)cc32)cc1.Cl. The van der Waals surface area contributed by atoms with Gasteiger partial charge < -0.3 is 15.8 Å². The maximum Gasteiger partial charge on any atom is 0.241 e. The van der Waals surface area contributed by atoms with Crippen molar-refractivity contribution in [1.29, 1.82) is 0 Å². The third kappa shape index (κ3) is 7.60. The van der Waals surface area contributed by atoms with Gasteiger partial charge in [0.15, 0.2) is 0 Å². The van der Waals surface area contributed by atoms with Crippen molar-refractivity contribution >= 4 is 32.1 Å². The number of nitrogens with zero attached hydrogens (tertiary/aromatic N) is 4. The summed E-state index contributed by atoms with van der Waals surface area (Å²) in [5.41, 5.74) is 16.4. The van der Waals surface area contributed by atoms with Crippen LogP contribution in [0.2, 0.25) is 25.7 Å². The number of fused-ring (bicyclic) bond motifs is 1. The molecular weight excluding hydrogens is 600 g/mol. The standard InChI is InChI=1S/C35H46N6O2Si.ClH/c1-23-33(24(2)41(39-23)22-43-17-18-44(3,4)5)26-11-13-29(14-12-26)38-35(42)34(36)31-8-6-7-25-9-10-27(19-32(25)31)28-20-37-40(21-28)30-15-16-30;/h9-14,19-21,30-31,34H,6-8,15-18,22,36H2,1-5H3,(H,38,42);1H/t31-,34+;/m1./s1. The monoisotopic (exact) mass is 646 g/mol. The number of hydrogen-bond acceptors (Lipinski definition) is 5. The van der Waals surface area contributed by atoms with Crippen molar-refractivity contribution in [2.45, 2.75) is 96.4 Å². The second-order valence-corrected chi connectivity index (χ2v) is 19.5. The summed E-state index contributed by atoms with van der Waals surface area (Å²) in [7, 11) is -1.13. The van der Waals surface area contributed by atoms with Gasteiger partial charge in [0.25, 0.3) is 0 Å². The number of ether oxygens (including phenoxy) is 1. The Morgan fingerprint density at radius 1 is 1.07 bits per heavy atom. The van der Waals surface area contributed by atoms with E-state index in [1.54, 1.807) is 0 Å². The Morgan fingerprint density at radius 3 is 2.51 bits per heavy atom. The Kier molecular flexibility index (Phi) is 10.0. The Labute approximate surface area is 274 Å². The predicted octanol–water partition coefficient (Wildman–Crippen LogP) is 7.49. The largest absolute Gasteiger partial charge is 0.360 e. The average Bonchev–Trinajstić information content (AvgIpc) is 3.66. The first-order valence-electron chi connectivity index (χ1n) is 16.0. The Hall–Kier alpha value is -3.24. The minimum absolute atomic E-state index is 0. The van der Waals surface area contributed by atoms with E-state index >= 15 is 0 Å². The number of nitrogens with two attached hydrogens (primary N) is 1. The third-order valence-corrected chi connectivity index (χ3v) is 10.8. The molecule has 0 unspecified atom stereocenters. The molecule has 2 aliphatic carbocycles. The summed E-state index contributed by atoms with van der Waals surface area (Å²) in [6.07, 6.45) is 9.45. The van der Waals surface area contributed by atoms with Crippen LogP contribution < -0.4 is 11.1 Å². The van der Waals surface area contributed by atoms with Crippen LogP contribution in [0.4, 0.5) is 5.69 Å². The van der Waals surface area contributed by atoms with E-state index in [0.29, 0.717) is 12.8 Å². The molecule has 8 nitrogen and oxygen atoms in total. The van der Waals surface area contributed by atoms with E-state index in [1.165, 1.54) is 24.0 Å². The highest BCUT2D eigenvalue weighted by Gasteiger charge is 2.31. The van der Waals surface area contributed by atoms with E-state index in [4.69, 9.17) is 15.6 Å². The van der Waals surface area contributed by atoms with Crippen molar-refractivity contribution in [3.8, 4) is 22.3 Å². The quantitative estimate of drug-likeness (QED) is 0.130. The summed E-state index contributed by atoms with van der Waals surface area (Å²) >= 11 is 0. The van der Waals surface area contributed by atoms with Crippen molar-refractivity contribution in [2.24, 2.45) is 5.73 Å². The normalized spacial score (nSPS) is 17.0. The maximum absolute atomic E-state index is 13.4. The molecule has 1 amide bonds. The van der Waals surface area contributed by atoms with Gasteiger partial charge in [-0.1, -0.05) is 50.0 Å². The minimum Gasteiger partial charge on any atom is -0.360 e. The molecule has 2 aromatic heterocycles. The van der Waals surface area contributed by atoms with E-state index in [-0.39, 0.29) is 24.2 Å². The Balaban J connectivity index is 0.00000400. The predicted molar refractivity (Wildman–Crippen MR) is 187 cm³/mol. The number of carbonyl (C=O) groups excluding carboxylic acids is 1. The van der Waals surface area contributed by atoms with Crippen LogP contribution in [0.5, 0.6) is 0 Å². The van der Waals surface area contributed by atoms with Crippen LogP contribution in [-0.2, 0) is 22.7 Å². The van der Waals surface area contributed by atoms with E-state index in [1.807, 2.05) is 42.1 Å². The number of hydrogen-bond donors (Lipinski definition) is 2. The number of halogens is 1. The molecule has 0 spiro atoms. The van der Waals surface area contributed by atoms with Crippen LogP contribution in [-0.4, -0.2) is 46.2 Å². The van der Waals surface area contributed by atoms with E-state index < -0.39 is 14.1 Å². The van der Waals surface area contributed by atoms with Crippen molar-refractivity contribution in [1.82, 2.24) is 19.6 Å². The van der Waals surface area contributed by atoms with Gasteiger partial charge in [0.2, 0.25) is 5.91 Å². The number of aryl methyl sites for hydroxylation is 2. The zero-order chi connectivity index (χ0) is 31.0. The Bertz CT molecular complexity index is 1640. The zero-order valence-electron chi connectivity index (χ0n) is 27.2. The van der Waals surface area contributed by atoms with Crippen molar-refractivity contribution in [2.75, 3.05) is 11.9 Å². The number of nitrogens with one attached hydrogen (secondary N) is 1. The van der Waals surface area contributed by atoms with E-state index in [9.17, 15) is 4.79 Å². The molecule has 0 bridgehead atoms. The highest BCUT2D eigenvalue weighted by atomic mass is 35.5. The van der Waals surface area contributed by atoms with E-state index in [2.05, 4.69) is 66.1 Å². The second kappa shape index (κ2) is 13.6. The zero-order valence-corrected chi connectivity index (χ0v) is 29.0. The molecular formula is C35H47ClN6O2Si. The summed E-state index contributed by atoms with van der Waals surface area (Å²) in [6.45, 7) is 12.4. The lowest BCUT2D eigenvalue weighted by Gasteiger charge is -2.30. The van der Waals surface area contributed by atoms with Crippen molar-refractivity contribution in [3.63, 3.8) is 0 Å². The maximum atomic E-state index is 13.4. The van der Waals surface area contributed by atoms with Gasteiger partial charge in [-0.3, -0.25) is 9.48 Å². The van der Waals surface area contributed by atoms with Gasteiger partial charge in [0.1, 0.15) is 6.73 Å². The molecule has 3 N–H and O–H groups in total. The van der Waals surface area contributed by atoms with Gasteiger partial charge in [-0.05, 0) is 86.4 Å². The molecule has 10 heteroatoms. The first-order valence-corrected chi connectivity index (χ1v) is 19.7. The van der Waals surface area contributed by atoms with Crippen LogP contribution in [0.25, 0.3) is 22.3 Å². The van der Waals surface area contributed by atoms with Gasteiger partial charge in [-0.15, -0.1) is 12.4 Å². The van der Waals surface area contributed by atoms with Gasteiger partial charge in [0.05, 0.1) is 24.0 Å². The molecule has 0 aliphatic heterocycles.